The van der Waals surface area contributed by atoms with Gasteiger partial charge in [0.1, 0.15) is 0 Å². The van der Waals surface area contributed by atoms with Crippen LogP contribution in [0.5, 0.6) is 0 Å². The number of rotatable bonds is 7. The lowest BCUT2D eigenvalue weighted by molar-refractivity contribution is -0.141. The highest BCUT2D eigenvalue weighted by atomic mass is 16.5. The van der Waals surface area contributed by atoms with Crippen LogP contribution >= 0.6 is 0 Å². The number of urea groups is 1. The van der Waals surface area contributed by atoms with Crippen molar-refractivity contribution in [1.82, 2.24) is 10.2 Å². The van der Waals surface area contributed by atoms with Crippen molar-refractivity contribution in [3.8, 4) is 0 Å². The van der Waals surface area contributed by atoms with Crippen molar-refractivity contribution in [2.45, 2.75) is 66.2 Å². The highest BCUT2D eigenvalue weighted by Crippen LogP contribution is 2.28. The SMILES string of the molecule is CC(C)NC(=O)Nc1ccc(N(C)C)c(CN(C[C@@H]2CCCO2)C(=O)C(C)(C)C)c1. The maximum absolute atomic E-state index is 13.2. The van der Waals surface area contributed by atoms with Gasteiger partial charge in [-0.25, -0.2) is 4.79 Å². The molecule has 0 radical (unpaired) electrons. The van der Waals surface area contributed by atoms with Crippen LogP contribution < -0.4 is 15.5 Å². The van der Waals surface area contributed by atoms with Crippen molar-refractivity contribution in [2.24, 2.45) is 5.41 Å². The Morgan fingerprint density at radius 2 is 1.93 bits per heavy atom. The van der Waals surface area contributed by atoms with E-state index in [1.165, 1.54) is 0 Å². The number of hydrogen-bond acceptors (Lipinski definition) is 4. The van der Waals surface area contributed by atoms with Crippen LogP contribution in [0.15, 0.2) is 18.2 Å². The first-order valence-corrected chi connectivity index (χ1v) is 10.8. The summed E-state index contributed by atoms with van der Waals surface area (Å²) in [7, 11) is 3.96. The van der Waals surface area contributed by atoms with Gasteiger partial charge in [-0.15, -0.1) is 0 Å². The first-order chi connectivity index (χ1) is 14.0. The fourth-order valence-corrected chi connectivity index (χ4v) is 3.59. The first kappa shape index (κ1) is 24.0. The number of nitrogens with zero attached hydrogens (tertiary/aromatic N) is 2. The molecule has 1 atom stereocenters. The molecule has 2 rings (SSSR count). The third kappa shape index (κ3) is 6.90. The first-order valence-electron chi connectivity index (χ1n) is 10.8. The Kier molecular flexibility index (Phi) is 8.12. The maximum Gasteiger partial charge on any atom is 0.319 e. The topological polar surface area (TPSA) is 73.9 Å². The third-order valence-corrected chi connectivity index (χ3v) is 4.98. The van der Waals surface area contributed by atoms with Crippen LogP contribution in [-0.4, -0.2) is 56.2 Å². The van der Waals surface area contributed by atoms with Crippen molar-refractivity contribution in [1.29, 1.82) is 0 Å². The molecule has 3 amide bonds. The Balaban J connectivity index is 2.29. The quantitative estimate of drug-likeness (QED) is 0.706. The summed E-state index contributed by atoms with van der Waals surface area (Å²) in [6.07, 6.45) is 2.10. The van der Waals surface area contributed by atoms with Crippen LogP contribution in [0.4, 0.5) is 16.2 Å². The number of amides is 3. The predicted octanol–water partition coefficient (Wildman–Crippen LogP) is 3.84. The van der Waals surface area contributed by atoms with Crippen LogP contribution in [0.2, 0.25) is 0 Å². The van der Waals surface area contributed by atoms with Gasteiger partial charge in [-0.1, -0.05) is 20.8 Å². The lowest BCUT2D eigenvalue weighted by atomic mass is 9.94. The Hall–Kier alpha value is -2.28. The summed E-state index contributed by atoms with van der Waals surface area (Å²) in [6, 6.07) is 5.63. The zero-order valence-electron chi connectivity index (χ0n) is 19.5. The van der Waals surface area contributed by atoms with E-state index in [9.17, 15) is 9.59 Å². The molecule has 7 nitrogen and oxygen atoms in total. The lowest BCUT2D eigenvalue weighted by Crippen LogP contribution is -2.43. The average Bonchev–Trinajstić information content (AvgIpc) is 3.12. The molecule has 0 unspecified atom stereocenters. The van der Waals surface area contributed by atoms with Crippen molar-refractivity contribution in [3.05, 3.63) is 23.8 Å². The van der Waals surface area contributed by atoms with Gasteiger partial charge in [0.05, 0.1) is 6.10 Å². The molecular weight excluding hydrogens is 380 g/mol. The fraction of sp³-hybridized carbons (Fsp3) is 0.652. The molecule has 1 aromatic rings. The largest absolute Gasteiger partial charge is 0.377 e. The second-order valence-electron chi connectivity index (χ2n) is 9.56. The molecule has 0 saturated carbocycles. The second-order valence-corrected chi connectivity index (χ2v) is 9.56. The van der Waals surface area contributed by atoms with Crippen LogP contribution in [0.1, 0.15) is 53.0 Å². The number of hydrogen-bond donors (Lipinski definition) is 2. The maximum atomic E-state index is 13.2. The van der Waals surface area contributed by atoms with Gasteiger partial charge in [0.15, 0.2) is 0 Å². The standard InChI is InChI=1S/C23H38N4O3/c1-16(2)24-22(29)25-18-10-11-20(26(6)7)17(13-18)14-27(21(28)23(3,4)5)15-19-9-8-12-30-19/h10-11,13,16,19H,8-9,12,14-15H2,1-7H3,(H2,24,25,29)/t19-/m0/s1. The highest BCUT2D eigenvalue weighted by Gasteiger charge is 2.30. The number of benzene rings is 1. The summed E-state index contributed by atoms with van der Waals surface area (Å²) in [6.45, 7) is 11.5. The van der Waals surface area contributed by atoms with E-state index in [0.717, 1.165) is 30.7 Å². The van der Waals surface area contributed by atoms with E-state index in [1.54, 1.807) is 0 Å². The molecular formula is C23H38N4O3. The van der Waals surface area contributed by atoms with Crippen LogP contribution in [0, 0.1) is 5.41 Å². The zero-order chi connectivity index (χ0) is 22.5. The van der Waals surface area contributed by atoms with Gasteiger partial charge in [0, 0.05) is 56.6 Å². The van der Waals surface area contributed by atoms with E-state index < -0.39 is 5.41 Å². The molecule has 1 aliphatic heterocycles. The number of ether oxygens (including phenoxy) is 1. The fourth-order valence-electron chi connectivity index (χ4n) is 3.59. The summed E-state index contributed by atoms with van der Waals surface area (Å²) in [5.74, 6) is 0.0959. The van der Waals surface area contributed by atoms with Gasteiger partial charge >= 0.3 is 6.03 Å². The number of carbonyl (C=O) groups excluding carboxylic acids is 2. The number of carbonyl (C=O) groups is 2. The molecule has 1 fully saturated rings. The van der Waals surface area contributed by atoms with Crippen molar-refractivity contribution >= 4 is 23.3 Å². The molecule has 0 bridgehead atoms. The van der Waals surface area contributed by atoms with Crippen molar-refractivity contribution in [2.75, 3.05) is 37.5 Å². The molecule has 0 aliphatic carbocycles. The van der Waals surface area contributed by atoms with E-state index in [0.29, 0.717) is 18.8 Å². The molecule has 1 heterocycles. The van der Waals surface area contributed by atoms with E-state index in [1.807, 2.05) is 76.7 Å². The van der Waals surface area contributed by atoms with Gasteiger partial charge in [-0.2, -0.15) is 0 Å². The predicted molar refractivity (Wildman–Crippen MR) is 122 cm³/mol. The van der Waals surface area contributed by atoms with Crippen LogP contribution in [-0.2, 0) is 16.1 Å². The number of nitrogens with one attached hydrogen (secondary N) is 2. The minimum atomic E-state index is -0.482. The van der Waals surface area contributed by atoms with Gasteiger partial charge < -0.3 is 25.2 Å². The minimum Gasteiger partial charge on any atom is -0.377 e. The van der Waals surface area contributed by atoms with Gasteiger partial charge in [-0.3, -0.25) is 4.79 Å². The molecule has 168 valence electrons. The molecule has 1 aliphatic rings. The number of anilines is 2. The smallest absolute Gasteiger partial charge is 0.319 e. The average molecular weight is 419 g/mol. The molecule has 1 aromatic carbocycles. The molecule has 2 N–H and O–H groups in total. The molecule has 7 heteroatoms. The van der Waals surface area contributed by atoms with Crippen LogP contribution in [0.25, 0.3) is 0 Å². The zero-order valence-corrected chi connectivity index (χ0v) is 19.5. The molecule has 0 aromatic heterocycles. The molecule has 30 heavy (non-hydrogen) atoms. The highest BCUT2D eigenvalue weighted by molar-refractivity contribution is 5.90. The van der Waals surface area contributed by atoms with Crippen LogP contribution in [0.3, 0.4) is 0 Å². The summed E-state index contributed by atoms with van der Waals surface area (Å²) in [5.41, 5.74) is 2.22. The Morgan fingerprint density at radius 3 is 2.47 bits per heavy atom. The van der Waals surface area contributed by atoms with E-state index >= 15 is 0 Å². The monoisotopic (exact) mass is 418 g/mol. The van der Waals surface area contributed by atoms with E-state index in [-0.39, 0.29) is 24.1 Å². The summed E-state index contributed by atoms with van der Waals surface area (Å²) in [5, 5.41) is 5.72. The summed E-state index contributed by atoms with van der Waals surface area (Å²) < 4.78 is 5.81. The van der Waals surface area contributed by atoms with E-state index in [4.69, 9.17) is 4.74 Å². The summed E-state index contributed by atoms with van der Waals surface area (Å²) in [4.78, 5) is 29.3. The Bertz CT molecular complexity index is 734. The Morgan fingerprint density at radius 1 is 1.23 bits per heavy atom. The molecule has 1 saturated heterocycles. The Labute approximate surface area is 181 Å². The van der Waals surface area contributed by atoms with Gasteiger partial charge in [0.2, 0.25) is 5.91 Å². The minimum absolute atomic E-state index is 0.0526. The van der Waals surface area contributed by atoms with Gasteiger partial charge in [0.25, 0.3) is 0 Å². The summed E-state index contributed by atoms with van der Waals surface area (Å²) >= 11 is 0. The van der Waals surface area contributed by atoms with Gasteiger partial charge in [-0.05, 0) is 50.5 Å². The van der Waals surface area contributed by atoms with E-state index in [2.05, 4.69) is 10.6 Å². The van der Waals surface area contributed by atoms with Crippen molar-refractivity contribution in [3.63, 3.8) is 0 Å². The van der Waals surface area contributed by atoms with Crippen molar-refractivity contribution < 1.29 is 14.3 Å². The molecule has 0 spiro atoms. The second kappa shape index (κ2) is 10.2. The lowest BCUT2D eigenvalue weighted by Gasteiger charge is -2.32. The normalized spacial score (nSPS) is 16.5. The third-order valence-electron chi connectivity index (χ3n) is 4.98.